The second kappa shape index (κ2) is 4.31. The van der Waals surface area contributed by atoms with Gasteiger partial charge in [-0.2, -0.15) is 0 Å². The Morgan fingerprint density at radius 3 is 1.56 bits per heavy atom. The van der Waals surface area contributed by atoms with Gasteiger partial charge in [-0.25, -0.2) is 0 Å². The molecule has 2 saturated heterocycles. The van der Waals surface area contributed by atoms with Crippen LogP contribution >= 0.6 is 0 Å². The maximum atomic E-state index is 5.52. The van der Waals surface area contributed by atoms with E-state index < -0.39 is 0 Å². The normalized spacial score (nSPS) is 26.2. The summed E-state index contributed by atoms with van der Waals surface area (Å²) in [6, 6.07) is 7.63. The van der Waals surface area contributed by atoms with Crippen molar-refractivity contribution in [3.63, 3.8) is 0 Å². The molecule has 2 atom stereocenters. The van der Waals surface area contributed by atoms with Crippen LogP contribution in [0.1, 0.15) is 0 Å². The van der Waals surface area contributed by atoms with E-state index in [4.69, 9.17) is 18.9 Å². The summed E-state index contributed by atoms with van der Waals surface area (Å²) >= 11 is 0. The van der Waals surface area contributed by atoms with Gasteiger partial charge >= 0.3 is 0 Å². The van der Waals surface area contributed by atoms with E-state index in [0.717, 1.165) is 24.7 Å². The van der Waals surface area contributed by atoms with Gasteiger partial charge < -0.3 is 18.9 Å². The van der Waals surface area contributed by atoms with Gasteiger partial charge in [0.25, 0.3) is 0 Å². The van der Waals surface area contributed by atoms with E-state index in [9.17, 15) is 0 Å². The van der Waals surface area contributed by atoms with Crippen molar-refractivity contribution >= 4 is 0 Å². The molecule has 0 bridgehead atoms. The molecule has 0 spiro atoms. The summed E-state index contributed by atoms with van der Waals surface area (Å²) in [5.41, 5.74) is 0. The summed E-state index contributed by atoms with van der Waals surface area (Å²) in [4.78, 5) is 0. The Labute approximate surface area is 94.1 Å². The minimum atomic E-state index is 0.294. The van der Waals surface area contributed by atoms with Gasteiger partial charge in [-0.1, -0.05) is 0 Å². The average Bonchev–Trinajstić information content (AvgIpc) is 3.17. The van der Waals surface area contributed by atoms with E-state index in [1.165, 1.54) is 0 Å². The molecule has 2 aliphatic heterocycles. The average molecular weight is 222 g/mol. The van der Waals surface area contributed by atoms with Crippen LogP contribution in [0.15, 0.2) is 24.3 Å². The van der Waals surface area contributed by atoms with Crippen molar-refractivity contribution in [2.45, 2.75) is 12.2 Å². The molecule has 4 heteroatoms. The van der Waals surface area contributed by atoms with Crippen molar-refractivity contribution in [3.05, 3.63) is 24.3 Å². The minimum absolute atomic E-state index is 0.294. The Morgan fingerprint density at radius 1 is 0.875 bits per heavy atom. The van der Waals surface area contributed by atoms with Crippen molar-refractivity contribution in [3.8, 4) is 11.5 Å². The molecule has 0 saturated carbocycles. The van der Waals surface area contributed by atoms with E-state index >= 15 is 0 Å². The van der Waals surface area contributed by atoms with Gasteiger partial charge in [-0.05, 0) is 24.3 Å². The van der Waals surface area contributed by atoms with E-state index in [1.807, 2.05) is 24.3 Å². The lowest BCUT2D eigenvalue weighted by Gasteiger charge is -2.06. The summed E-state index contributed by atoms with van der Waals surface area (Å²) in [5, 5.41) is 0. The first-order valence-electron chi connectivity index (χ1n) is 5.49. The smallest absolute Gasteiger partial charge is 0.119 e. The Morgan fingerprint density at radius 2 is 1.25 bits per heavy atom. The number of hydrogen-bond acceptors (Lipinski definition) is 4. The Balaban J connectivity index is 1.47. The molecule has 2 heterocycles. The van der Waals surface area contributed by atoms with Crippen molar-refractivity contribution in [2.75, 3.05) is 26.4 Å². The summed E-state index contributed by atoms with van der Waals surface area (Å²) < 4.78 is 21.2. The highest BCUT2D eigenvalue weighted by molar-refractivity contribution is 5.31. The predicted molar refractivity (Wildman–Crippen MR) is 56.9 cm³/mol. The molecule has 2 aliphatic rings. The lowest BCUT2D eigenvalue weighted by molar-refractivity contribution is 0.257. The third-order valence-corrected chi connectivity index (χ3v) is 2.50. The number of rotatable bonds is 6. The van der Waals surface area contributed by atoms with Crippen LogP contribution in [0, 0.1) is 0 Å². The number of epoxide rings is 2. The molecular weight excluding hydrogens is 208 g/mol. The Bertz CT molecular complexity index is 306. The molecule has 0 N–H and O–H groups in total. The monoisotopic (exact) mass is 222 g/mol. The van der Waals surface area contributed by atoms with Crippen LogP contribution in [0.4, 0.5) is 0 Å². The van der Waals surface area contributed by atoms with Gasteiger partial charge in [-0.15, -0.1) is 0 Å². The standard InChI is InChI=1S/C12H14O4/c1-2-10(14-6-12-8-16-12)4-3-9(1)13-5-11-7-15-11/h1-4,11-12H,5-8H2/t11-,12?/m1/s1. The number of hydrogen-bond donors (Lipinski definition) is 0. The molecule has 4 nitrogen and oxygen atoms in total. The fourth-order valence-corrected chi connectivity index (χ4v) is 1.34. The number of benzene rings is 1. The second-order valence-electron chi connectivity index (χ2n) is 4.00. The van der Waals surface area contributed by atoms with E-state index in [2.05, 4.69) is 0 Å². The Kier molecular flexibility index (Phi) is 2.68. The van der Waals surface area contributed by atoms with E-state index in [1.54, 1.807) is 0 Å². The van der Waals surface area contributed by atoms with Gasteiger partial charge in [0.05, 0.1) is 13.2 Å². The lowest BCUT2D eigenvalue weighted by atomic mass is 10.3. The molecular formula is C12H14O4. The quantitative estimate of drug-likeness (QED) is 0.679. The summed E-state index contributed by atoms with van der Waals surface area (Å²) in [5.74, 6) is 1.70. The molecule has 16 heavy (non-hydrogen) atoms. The van der Waals surface area contributed by atoms with E-state index in [-0.39, 0.29) is 0 Å². The molecule has 1 unspecified atom stereocenters. The van der Waals surface area contributed by atoms with Crippen molar-refractivity contribution < 1.29 is 18.9 Å². The molecule has 0 amide bonds. The lowest BCUT2D eigenvalue weighted by Crippen LogP contribution is -2.05. The maximum absolute atomic E-state index is 5.52. The Hall–Kier alpha value is -1.26. The predicted octanol–water partition coefficient (Wildman–Crippen LogP) is 1.24. The maximum Gasteiger partial charge on any atom is 0.119 e. The fourth-order valence-electron chi connectivity index (χ4n) is 1.34. The highest BCUT2D eigenvalue weighted by atomic mass is 16.6. The first kappa shape index (κ1) is 9.93. The third-order valence-electron chi connectivity index (χ3n) is 2.50. The molecule has 0 aliphatic carbocycles. The fraction of sp³-hybridized carbons (Fsp3) is 0.500. The molecule has 1 aromatic rings. The SMILES string of the molecule is c1cc(OC[C@@H]2CO2)ccc1OCC1CO1. The second-order valence-corrected chi connectivity index (χ2v) is 4.00. The van der Waals surface area contributed by atoms with Crippen LogP contribution in [0.25, 0.3) is 0 Å². The molecule has 3 rings (SSSR count). The van der Waals surface area contributed by atoms with Gasteiger partial charge in [0.1, 0.15) is 36.9 Å². The van der Waals surface area contributed by atoms with Crippen LogP contribution < -0.4 is 9.47 Å². The van der Waals surface area contributed by atoms with Crippen LogP contribution in [0.5, 0.6) is 11.5 Å². The zero-order valence-corrected chi connectivity index (χ0v) is 8.93. The summed E-state index contributed by atoms with van der Waals surface area (Å²) in [6.07, 6.45) is 0.589. The molecule has 86 valence electrons. The van der Waals surface area contributed by atoms with Crippen LogP contribution in [0.3, 0.4) is 0 Å². The van der Waals surface area contributed by atoms with Crippen LogP contribution in [0.2, 0.25) is 0 Å². The van der Waals surface area contributed by atoms with Crippen molar-refractivity contribution in [1.82, 2.24) is 0 Å². The zero-order chi connectivity index (χ0) is 10.8. The number of ether oxygens (including phenoxy) is 4. The van der Waals surface area contributed by atoms with Gasteiger partial charge in [0.2, 0.25) is 0 Å². The first-order valence-corrected chi connectivity index (χ1v) is 5.49. The van der Waals surface area contributed by atoms with Gasteiger partial charge in [-0.3, -0.25) is 0 Å². The zero-order valence-electron chi connectivity index (χ0n) is 8.93. The van der Waals surface area contributed by atoms with E-state index in [0.29, 0.717) is 25.4 Å². The van der Waals surface area contributed by atoms with Gasteiger partial charge in [0, 0.05) is 0 Å². The van der Waals surface area contributed by atoms with Crippen LogP contribution in [-0.4, -0.2) is 38.6 Å². The van der Waals surface area contributed by atoms with Crippen LogP contribution in [-0.2, 0) is 9.47 Å². The topological polar surface area (TPSA) is 43.5 Å². The third kappa shape index (κ3) is 2.87. The molecule has 1 aromatic carbocycles. The first-order chi connectivity index (χ1) is 7.90. The minimum Gasteiger partial charge on any atom is -0.491 e. The van der Waals surface area contributed by atoms with Crippen molar-refractivity contribution in [1.29, 1.82) is 0 Å². The highest BCUT2D eigenvalue weighted by Gasteiger charge is 2.23. The molecule has 0 radical (unpaired) electrons. The summed E-state index contributed by atoms with van der Waals surface area (Å²) in [6.45, 7) is 2.91. The molecule has 0 aromatic heterocycles. The highest BCUT2D eigenvalue weighted by Crippen LogP contribution is 2.20. The van der Waals surface area contributed by atoms with Crippen molar-refractivity contribution in [2.24, 2.45) is 0 Å². The summed E-state index contributed by atoms with van der Waals surface area (Å²) in [7, 11) is 0. The largest absolute Gasteiger partial charge is 0.491 e. The molecule has 2 fully saturated rings. The van der Waals surface area contributed by atoms with Gasteiger partial charge in [0.15, 0.2) is 0 Å².